The number of hydrogen-bond donors (Lipinski definition) is 1. The van der Waals surface area contributed by atoms with Crippen molar-refractivity contribution in [2.45, 2.75) is 37.1 Å². The molecule has 1 saturated heterocycles. The average molecular weight is 457 g/mol. The minimum atomic E-state index is -3.64. The summed E-state index contributed by atoms with van der Waals surface area (Å²) in [6.45, 7) is 2.13. The lowest BCUT2D eigenvalue weighted by molar-refractivity contribution is -0.126. The number of amides is 1. The van der Waals surface area contributed by atoms with Crippen molar-refractivity contribution in [1.82, 2.24) is 9.62 Å². The summed E-state index contributed by atoms with van der Waals surface area (Å²) < 4.78 is 54.4. The Bertz CT molecular complexity index is 987. The minimum Gasteiger partial charge on any atom is -0.353 e. The molecule has 9 heteroatoms. The van der Waals surface area contributed by atoms with Gasteiger partial charge in [-0.3, -0.25) is 4.79 Å². The summed E-state index contributed by atoms with van der Waals surface area (Å²) >= 11 is 5.82. The van der Waals surface area contributed by atoms with Crippen molar-refractivity contribution in [2.75, 3.05) is 13.1 Å². The molecule has 2 aromatic rings. The van der Waals surface area contributed by atoms with Crippen LogP contribution in [0.25, 0.3) is 0 Å². The number of hydrogen-bond acceptors (Lipinski definition) is 3. The van der Waals surface area contributed by atoms with Gasteiger partial charge >= 0.3 is 0 Å². The number of halogens is 3. The largest absolute Gasteiger partial charge is 0.353 e. The molecule has 0 radical (unpaired) electrons. The van der Waals surface area contributed by atoms with E-state index in [1.165, 1.54) is 46.8 Å². The average Bonchev–Trinajstić information content (AvgIpc) is 2.71. The number of nitrogens with zero attached hydrogens (tertiary/aromatic N) is 1. The fourth-order valence-electron chi connectivity index (χ4n) is 3.56. The van der Waals surface area contributed by atoms with Gasteiger partial charge in [0.1, 0.15) is 11.6 Å². The molecule has 5 nitrogen and oxygen atoms in total. The first kappa shape index (κ1) is 22.7. The molecule has 1 unspecified atom stereocenters. The third-order valence-corrected chi connectivity index (χ3v) is 7.40. The van der Waals surface area contributed by atoms with Crippen LogP contribution < -0.4 is 5.32 Å². The van der Waals surface area contributed by atoms with Crippen LogP contribution in [-0.4, -0.2) is 37.8 Å². The smallest absolute Gasteiger partial charge is 0.243 e. The molecule has 1 amide bonds. The highest BCUT2D eigenvalue weighted by Crippen LogP contribution is 2.25. The maximum atomic E-state index is 13.8. The van der Waals surface area contributed by atoms with E-state index in [-0.39, 0.29) is 41.8 Å². The van der Waals surface area contributed by atoms with Gasteiger partial charge in [-0.1, -0.05) is 17.7 Å². The molecule has 1 fully saturated rings. The summed E-state index contributed by atoms with van der Waals surface area (Å²) in [7, 11) is -3.64. The van der Waals surface area contributed by atoms with Gasteiger partial charge in [-0.25, -0.2) is 17.2 Å². The molecule has 0 saturated carbocycles. The van der Waals surface area contributed by atoms with Crippen LogP contribution in [0.15, 0.2) is 47.4 Å². The lowest BCUT2D eigenvalue weighted by Gasteiger charge is -2.31. The maximum absolute atomic E-state index is 13.8. The van der Waals surface area contributed by atoms with Crippen molar-refractivity contribution < 1.29 is 22.0 Å². The molecule has 0 spiro atoms. The van der Waals surface area contributed by atoms with Crippen LogP contribution in [0.5, 0.6) is 0 Å². The summed E-state index contributed by atoms with van der Waals surface area (Å²) in [4.78, 5) is 12.7. The number of rotatable bonds is 6. The number of piperidine rings is 1. The van der Waals surface area contributed by atoms with Crippen LogP contribution in [-0.2, 0) is 21.2 Å². The summed E-state index contributed by atoms with van der Waals surface area (Å²) in [6.07, 6.45) is 0.785. The number of benzene rings is 2. The molecule has 2 aromatic carbocycles. The van der Waals surface area contributed by atoms with Crippen LogP contribution in [0, 0.1) is 17.6 Å². The first-order chi connectivity index (χ1) is 14.2. The zero-order valence-electron chi connectivity index (χ0n) is 16.4. The van der Waals surface area contributed by atoms with Crippen molar-refractivity contribution in [2.24, 2.45) is 5.92 Å². The van der Waals surface area contributed by atoms with Gasteiger partial charge in [-0.15, -0.1) is 0 Å². The highest BCUT2D eigenvalue weighted by atomic mass is 35.5. The molecule has 0 aliphatic carbocycles. The van der Waals surface area contributed by atoms with Crippen molar-refractivity contribution in [3.63, 3.8) is 0 Å². The van der Waals surface area contributed by atoms with E-state index in [4.69, 9.17) is 11.6 Å². The van der Waals surface area contributed by atoms with Crippen molar-refractivity contribution in [3.8, 4) is 0 Å². The number of sulfonamides is 1. The SMILES string of the molecule is CC(Cc1c(F)cccc1F)NC(=O)C1CCN(S(=O)(=O)c2ccc(Cl)cc2)CC1. The molecule has 0 aromatic heterocycles. The first-order valence-electron chi connectivity index (χ1n) is 9.67. The first-order valence-corrected chi connectivity index (χ1v) is 11.5. The van der Waals surface area contributed by atoms with Gasteiger partial charge in [0, 0.05) is 35.6 Å². The topological polar surface area (TPSA) is 66.5 Å². The van der Waals surface area contributed by atoms with E-state index in [2.05, 4.69) is 5.32 Å². The van der Waals surface area contributed by atoms with E-state index >= 15 is 0 Å². The standard InChI is InChI=1S/C21H23ClF2N2O3S/c1-14(13-18-19(23)3-2-4-20(18)24)25-21(27)15-9-11-26(12-10-15)30(28,29)17-7-5-16(22)6-8-17/h2-8,14-15H,9-13H2,1H3,(H,25,27). The summed E-state index contributed by atoms with van der Waals surface area (Å²) in [5.41, 5.74) is -0.0609. The van der Waals surface area contributed by atoms with E-state index in [0.29, 0.717) is 17.9 Å². The minimum absolute atomic E-state index is 0.0358. The fraction of sp³-hybridized carbons (Fsp3) is 0.381. The molecule has 1 atom stereocenters. The monoisotopic (exact) mass is 456 g/mol. The molecule has 1 N–H and O–H groups in total. The molecule has 1 heterocycles. The Balaban J connectivity index is 1.55. The highest BCUT2D eigenvalue weighted by Gasteiger charge is 2.32. The van der Waals surface area contributed by atoms with Crippen LogP contribution in [0.3, 0.4) is 0 Å². The quantitative estimate of drug-likeness (QED) is 0.719. The van der Waals surface area contributed by atoms with Gasteiger partial charge in [-0.2, -0.15) is 4.31 Å². The Kier molecular flexibility index (Phi) is 7.10. The maximum Gasteiger partial charge on any atom is 0.243 e. The van der Waals surface area contributed by atoms with Crippen LogP contribution in [0.4, 0.5) is 8.78 Å². The normalized spacial score (nSPS) is 16.9. The second-order valence-electron chi connectivity index (χ2n) is 7.45. The zero-order valence-corrected chi connectivity index (χ0v) is 18.0. The van der Waals surface area contributed by atoms with Gasteiger partial charge in [0.2, 0.25) is 15.9 Å². The van der Waals surface area contributed by atoms with E-state index in [1.54, 1.807) is 6.92 Å². The van der Waals surface area contributed by atoms with Crippen LogP contribution in [0.1, 0.15) is 25.3 Å². The molecule has 30 heavy (non-hydrogen) atoms. The summed E-state index contributed by atoms with van der Waals surface area (Å²) in [5, 5.41) is 3.24. The van der Waals surface area contributed by atoms with Gasteiger partial charge in [0.25, 0.3) is 0 Å². The van der Waals surface area contributed by atoms with Gasteiger partial charge in [0.15, 0.2) is 0 Å². The Morgan fingerprint density at radius 3 is 2.27 bits per heavy atom. The Morgan fingerprint density at radius 2 is 1.70 bits per heavy atom. The predicted octanol–water partition coefficient (Wildman–Crippen LogP) is 3.77. The molecule has 3 rings (SSSR count). The Morgan fingerprint density at radius 1 is 1.13 bits per heavy atom. The Hall–Kier alpha value is -2.03. The van der Waals surface area contributed by atoms with Crippen molar-refractivity contribution in [3.05, 3.63) is 64.7 Å². The molecule has 1 aliphatic heterocycles. The predicted molar refractivity (Wildman–Crippen MR) is 111 cm³/mol. The van der Waals surface area contributed by atoms with E-state index < -0.39 is 27.7 Å². The highest BCUT2D eigenvalue weighted by molar-refractivity contribution is 7.89. The van der Waals surface area contributed by atoms with Crippen LogP contribution >= 0.6 is 11.6 Å². The van der Waals surface area contributed by atoms with E-state index in [0.717, 1.165) is 0 Å². The van der Waals surface area contributed by atoms with Crippen molar-refractivity contribution in [1.29, 1.82) is 0 Å². The zero-order chi connectivity index (χ0) is 21.9. The molecule has 1 aliphatic rings. The fourth-order valence-corrected chi connectivity index (χ4v) is 5.15. The van der Waals surface area contributed by atoms with E-state index in [9.17, 15) is 22.0 Å². The van der Waals surface area contributed by atoms with Gasteiger partial charge in [0.05, 0.1) is 4.90 Å². The lowest BCUT2D eigenvalue weighted by Crippen LogP contribution is -2.45. The molecule has 162 valence electrons. The van der Waals surface area contributed by atoms with Gasteiger partial charge in [-0.05, 0) is 62.6 Å². The molecular formula is C21H23ClF2N2O3S. The second-order valence-corrected chi connectivity index (χ2v) is 9.82. The second kappa shape index (κ2) is 9.41. The third-order valence-electron chi connectivity index (χ3n) is 5.24. The number of carbonyl (C=O) groups excluding carboxylic acids is 1. The van der Waals surface area contributed by atoms with E-state index in [1.807, 2.05) is 0 Å². The summed E-state index contributed by atoms with van der Waals surface area (Å²) in [5.74, 6) is -1.87. The Labute approximate surface area is 180 Å². The molecular weight excluding hydrogens is 434 g/mol. The van der Waals surface area contributed by atoms with Crippen molar-refractivity contribution >= 4 is 27.5 Å². The number of carbonyl (C=O) groups is 1. The summed E-state index contributed by atoms with van der Waals surface area (Å²) in [6, 6.07) is 9.17. The van der Waals surface area contributed by atoms with Gasteiger partial charge < -0.3 is 5.32 Å². The molecule has 0 bridgehead atoms. The van der Waals surface area contributed by atoms with Crippen LogP contribution in [0.2, 0.25) is 5.02 Å². The number of nitrogens with one attached hydrogen (secondary N) is 1. The third kappa shape index (κ3) is 5.17. The lowest BCUT2D eigenvalue weighted by atomic mass is 9.96.